The van der Waals surface area contributed by atoms with Crippen LogP contribution in [0.5, 0.6) is 0 Å². The zero-order valence-electron chi connectivity index (χ0n) is 42.0. The van der Waals surface area contributed by atoms with Gasteiger partial charge in [0.2, 0.25) is 53.2 Å². The van der Waals surface area contributed by atoms with Gasteiger partial charge in [0, 0.05) is 47.0 Å². The molecule has 0 bridgehead atoms. The molecular weight excluding hydrogens is 993 g/mol. The first-order chi connectivity index (χ1) is 36.2. The van der Waals surface area contributed by atoms with E-state index in [1.807, 2.05) is 23.5 Å². The Morgan fingerprint density at radius 2 is 0.934 bits per heavy atom. The van der Waals surface area contributed by atoms with Gasteiger partial charge in [-0.25, -0.2) is 4.79 Å². The summed E-state index contributed by atoms with van der Waals surface area (Å²) in [6.07, 6.45) is 1.51. The number of nitrogens with one attached hydrogen (secondary N) is 9. The van der Waals surface area contributed by atoms with Crippen molar-refractivity contribution in [1.82, 2.24) is 47.2 Å². The van der Waals surface area contributed by atoms with Crippen LogP contribution in [0.25, 0.3) is 21.8 Å². The number of carbonyl (C=O) groups is 10. The van der Waals surface area contributed by atoms with Crippen LogP contribution in [0.1, 0.15) is 69.4 Å². The molecule has 0 radical (unpaired) electrons. The number of benzene rings is 2. The predicted octanol–water partition coefficient (Wildman–Crippen LogP) is -4.38. The summed E-state index contributed by atoms with van der Waals surface area (Å²) < 4.78 is 0. The van der Waals surface area contributed by atoms with Crippen molar-refractivity contribution < 1.29 is 63.3 Å². The maximum atomic E-state index is 14.6. The topological polar surface area (TPSA) is 477 Å². The summed E-state index contributed by atoms with van der Waals surface area (Å²) in [4.78, 5) is 139. The number of aliphatic carboxylic acids is 1. The van der Waals surface area contributed by atoms with E-state index in [1.54, 1.807) is 42.7 Å². The number of aromatic amines is 2. The molecule has 0 unspecified atom stereocenters. The van der Waals surface area contributed by atoms with Crippen molar-refractivity contribution >= 4 is 80.9 Å². The van der Waals surface area contributed by atoms with E-state index in [0.717, 1.165) is 10.9 Å². The quantitative estimate of drug-likeness (QED) is 0.0200. The number of unbranched alkanes of at least 4 members (excludes halogenated alkanes) is 2. The first-order valence-electron chi connectivity index (χ1n) is 24.6. The number of aromatic nitrogens is 2. The lowest BCUT2D eigenvalue weighted by atomic mass is 10.0. The van der Waals surface area contributed by atoms with Crippen molar-refractivity contribution in [3.05, 3.63) is 72.1 Å². The van der Waals surface area contributed by atoms with E-state index in [2.05, 4.69) is 41.9 Å². The van der Waals surface area contributed by atoms with Crippen LogP contribution in [0.15, 0.2) is 60.9 Å². The number of H-pyrrole nitrogens is 2. The van der Waals surface area contributed by atoms with E-state index in [4.69, 9.17) is 28.7 Å². The molecule has 9 amide bonds. The lowest BCUT2D eigenvalue weighted by molar-refractivity contribution is -0.144. The number of hydrogen-bond acceptors (Lipinski definition) is 15. The molecule has 27 heteroatoms. The van der Waals surface area contributed by atoms with Gasteiger partial charge in [-0.05, 0) is 75.4 Å². The van der Waals surface area contributed by atoms with Crippen LogP contribution in [0, 0.1) is 0 Å². The average Bonchev–Trinajstić information content (AvgIpc) is 3.99. The number of amides is 9. The lowest BCUT2D eigenvalue weighted by Crippen LogP contribution is -2.62. The molecule has 4 rings (SSSR count). The number of aliphatic hydroxyl groups excluding tert-OH is 2. The number of aliphatic hydroxyl groups is 2. The number of carboxylic acid groups (broad SMARTS) is 1. The molecule has 2 aromatic heterocycles. The number of carbonyl (C=O) groups excluding carboxylic acids is 9. The minimum absolute atomic E-state index is 0.0740. The molecule has 22 N–H and O–H groups in total. The summed E-state index contributed by atoms with van der Waals surface area (Å²) >= 11 is 0. The summed E-state index contributed by atoms with van der Waals surface area (Å²) in [5.41, 5.74) is 30.6. The molecule has 0 saturated carbocycles. The number of nitrogens with two attached hydrogens (primary N) is 5. The first kappa shape index (κ1) is 60.6. The highest BCUT2D eigenvalue weighted by atomic mass is 16.4. The van der Waals surface area contributed by atoms with Crippen molar-refractivity contribution in [1.29, 1.82) is 0 Å². The average molecular weight is 1060 g/mol. The summed E-state index contributed by atoms with van der Waals surface area (Å²) in [5, 5.41) is 48.6. The second-order valence-electron chi connectivity index (χ2n) is 18.3. The van der Waals surface area contributed by atoms with Crippen molar-refractivity contribution in [2.24, 2.45) is 28.7 Å². The SMILES string of the molecule is C[C@H](O)[C@@H](NC(=O)[C@@H](Cc1c[nH]c2ccccc12)NC(=O)[C@H](N)CCCCN)C(=O)N[C@H](Cc1c[nH]c2ccccc12)C(=O)N[C@H](CCCCN)C(=O)N[C@H](CC(N)=O)C(=O)N[C@H](CO)C(=O)N[C@H](CC(N)=O)C(=O)O. The summed E-state index contributed by atoms with van der Waals surface area (Å²) in [7, 11) is 0. The second kappa shape index (κ2) is 29.8. The Morgan fingerprint density at radius 3 is 1.43 bits per heavy atom. The van der Waals surface area contributed by atoms with E-state index in [0.29, 0.717) is 47.8 Å². The molecule has 0 spiro atoms. The van der Waals surface area contributed by atoms with Gasteiger partial charge in [0.25, 0.3) is 0 Å². The normalized spacial score (nSPS) is 14.8. The molecule has 2 aromatic carbocycles. The number of hydrogen-bond donors (Lipinski definition) is 17. The number of rotatable bonds is 33. The molecule has 0 aliphatic rings. The van der Waals surface area contributed by atoms with Crippen molar-refractivity contribution in [2.45, 2.75) is 126 Å². The van der Waals surface area contributed by atoms with Gasteiger partial charge in [-0.1, -0.05) is 42.8 Å². The fraction of sp³-hybridized carbons (Fsp3) is 0.469. The zero-order chi connectivity index (χ0) is 56.1. The maximum absolute atomic E-state index is 14.6. The van der Waals surface area contributed by atoms with Crippen LogP contribution in [0.3, 0.4) is 0 Å². The summed E-state index contributed by atoms with van der Waals surface area (Å²) in [5.74, 6) is -11.0. The molecule has 0 aliphatic carbocycles. The first-order valence-corrected chi connectivity index (χ1v) is 24.6. The van der Waals surface area contributed by atoms with Crippen molar-refractivity contribution in [3.8, 4) is 0 Å². The van der Waals surface area contributed by atoms with Crippen LogP contribution < -0.4 is 65.9 Å². The maximum Gasteiger partial charge on any atom is 0.326 e. The van der Waals surface area contributed by atoms with Gasteiger partial charge < -0.3 is 91.2 Å². The molecule has 414 valence electrons. The highest BCUT2D eigenvalue weighted by Gasteiger charge is 2.36. The molecule has 0 fully saturated rings. The molecular formula is C49H70N14O13. The fourth-order valence-electron chi connectivity index (χ4n) is 8.16. The van der Waals surface area contributed by atoms with E-state index in [1.165, 1.54) is 6.92 Å². The zero-order valence-corrected chi connectivity index (χ0v) is 42.0. The molecule has 0 saturated heterocycles. The van der Waals surface area contributed by atoms with E-state index in [-0.39, 0.29) is 38.6 Å². The number of para-hydroxylation sites is 2. The molecule has 2 heterocycles. The second-order valence-corrected chi connectivity index (χ2v) is 18.3. The van der Waals surface area contributed by atoms with Crippen molar-refractivity contribution in [2.75, 3.05) is 19.7 Å². The van der Waals surface area contributed by atoms with Gasteiger partial charge >= 0.3 is 5.97 Å². The summed E-state index contributed by atoms with van der Waals surface area (Å²) in [6.45, 7) is 0.660. The number of fused-ring (bicyclic) bond motifs is 2. The van der Waals surface area contributed by atoms with E-state index >= 15 is 0 Å². The van der Waals surface area contributed by atoms with Gasteiger partial charge in [0.1, 0.15) is 42.3 Å². The van der Waals surface area contributed by atoms with E-state index in [9.17, 15) is 63.3 Å². The van der Waals surface area contributed by atoms with Crippen LogP contribution in [-0.4, -0.2) is 159 Å². The van der Waals surface area contributed by atoms with Crippen LogP contribution >= 0.6 is 0 Å². The van der Waals surface area contributed by atoms with Crippen LogP contribution in [0.4, 0.5) is 0 Å². The monoisotopic (exact) mass is 1060 g/mol. The standard InChI is InChI=1S/C49H70N14O13/c1-25(65)41(63-46(72)35(58-42(68)30(52)12-6-8-16-50)19-27-23-56-32-14-5-3-11-29(27)32)48(74)60-34(18-26-22-55-31-13-4-2-10-28(26)31)44(70)57-33(15-7-9-17-51)43(69)59-36(20-39(53)66)45(71)62-38(24-64)47(73)61-37(49(75)76)21-40(54)67/h2-5,10-11,13-14,22-23,25,30,33-38,41,55-56,64-65H,6-9,12,15-21,24,50-52H2,1H3,(H2,53,66)(H2,54,67)(H,57,70)(H,58,68)(H,59,69)(H,60,74)(H,61,73)(H,62,71)(H,63,72)(H,75,76)/t25-,30+,33+,34+,35+,36+,37+,38+,41+/m0/s1. The van der Waals surface area contributed by atoms with Gasteiger partial charge in [0.15, 0.2) is 0 Å². The van der Waals surface area contributed by atoms with Gasteiger partial charge in [-0.2, -0.15) is 0 Å². The molecule has 76 heavy (non-hydrogen) atoms. The third-order valence-corrected chi connectivity index (χ3v) is 12.3. The molecule has 27 nitrogen and oxygen atoms in total. The lowest BCUT2D eigenvalue weighted by Gasteiger charge is -2.28. The van der Waals surface area contributed by atoms with Crippen LogP contribution in [0.2, 0.25) is 0 Å². The highest BCUT2D eigenvalue weighted by Crippen LogP contribution is 2.21. The number of carboxylic acids is 1. The fourth-order valence-corrected chi connectivity index (χ4v) is 8.16. The van der Waals surface area contributed by atoms with E-state index < -0.39 is 133 Å². The minimum Gasteiger partial charge on any atom is -0.480 e. The molecule has 0 aliphatic heterocycles. The smallest absolute Gasteiger partial charge is 0.326 e. The predicted molar refractivity (Wildman–Crippen MR) is 275 cm³/mol. The highest BCUT2D eigenvalue weighted by molar-refractivity contribution is 5.99. The Balaban J connectivity index is 1.63. The Kier molecular flexibility index (Phi) is 23.7. The third-order valence-electron chi connectivity index (χ3n) is 12.3. The minimum atomic E-state index is -1.88. The largest absolute Gasteiger partial charge is 0.480 e. The Labute approximate surface area is 436 Å². The Morgan fingerprint density at radius 1 is 0.526 bits per heavy atom. The van der Waals surface area contributed by atoms with Gasteiger partial charge in [-0.15, -0.1) is 0 Å². The van der Waals surface area contributed by atoms with Crippen LogP contribution in [-0.2, 0) is 60.8 Å². The molecule has 9 atom stereocenters. The van der Waals surface area contributed by atoms with Crippen molar-refractivity contribution in [3.63, 3.8) is 0 Å². The Bertz CT molecular complexity index is 2670. The Hall–Kier alpha value is -7.98. The third kappa shape index (κ3) is 18.1. The molecule has 4 aromatic rings. The van der Waals surface area contributed by atoms with Gasteiger partial charge in [-0.3, -0.25) is 43.2 Å². The number of primary amides is 2. The summed E-state index contributed by atoms with van der Waals surface area (Å²) in [6, 6.07) is 1.56. The van der Waals surface area contributed by atoms with Gasteiger partial charge in [0.05, 0.1) is 31.6 Å².